The van der Waals surface area contributed by atoms with Gasteiger partial charge in [-0.25, -0.2) is 0 Å². The number of allylic oxidation sites excluding steroid dienone is 2. The van der Waals surface area contributed by atoms with E-state index in [4.69, 9.17) is 0 Å². The van der Waals surface area contributed by atoms with E-state index in [2.05, 4.69) is 0 Å². The van der Waals surface area contributed by atoms with Gasteiger partial charge >= 0.3 is 0 Å². The molecule has 1 aromatic rings. The quantitative estimate of drug-likeness (QED) is 0.643. The predicted molar refractivity (Wildman–Crippen MR) is 54.6 cm³/mol. The number of carbonyl (C=O) groups excluding carboxylic acids is 2. The maximum atomic E-state index is 11.5. The van der Waals surface area contributed by atoms with Crippen molar-refractivity contribution in [2.75, 3.05) is 0 Å². The Morgan fingerprint density at radius 2 is 1.57 bits per heavy atom. The Morgan fingerprint density at radius 1 is 1.00 bits per heavy atom. The van der Waals surface area contributed by atoms with Crippen LogP contribution in [0.5, 0.6) is 0 Å². The molecular formula is C11H8O2Pb. The second kappa shape index (κ2) is 4.17. The van der Waals surface area contributed by atoms with Crippen molar-refractivity contribution in [1.29, 1.82) is 0 Å². The molecule has 0 fully saturated rings. The first kappa shape index (κ1) is 11.3. The first-order valence-electron chi connectivity index (χ1n) is 4.06. The molecule has 4 radical (unpaired) electrons. The van der Waals surface area contributed by atoms with Crippen molar-refractivity contribution in [2.45, 2.75) is 6.92 Å². The third-order valence-corrected chi connectivity index (χ3v) is 2.14. The summed E-state index contributed by atoms with van der Waals surface area (Å²) in [5.41, 5.74) is 1.55. The molecule has 68 valence electrons. The van der Waals surface area contributed by atoms with Crippen molar-refractivity contribution in [3.05, 3.63) is 47.0 Å². The van der Waals surface area contributed by atoms with Crippen LogP contribution in [0.25, 0.3) is 0 Å². The Labute approximate surface area is 102 Å². The molecule has 0 saturated carbocycles. The fourth-order valence-corrected chi connectivity index (χ4v) is 1.45. The number of carbonyl (C=O) groups is 2. The van der Waals surface area contributed by atoms with Gasteiger partial charge in [0, 0.05) is 44.0 Å². The van der Waals surface area contributed by atoms with Crippen LogP contribution in [-0.4, -0.2) is 38.9 Å². The Hall–Kier alpha value is -0.778. The van der Waals surface area contributed by atoms with Gasteiger partial charge < -0.3 is 0 Å². The average Bonchev–Trinajstić information content (AvgIpc) is 2.15. The van der Waals surface area contributed by atoms with Gasteiger partial charge in [-0.2, -0.15) is 0 Å². The van der Waals surface area contributed by atoms with E-state index < -0.39 is 0 Å². The van der Waals surface area contributed by atoms with Gasteiger partial charge in [-0.05, 0) is 13.0 Å². The number of Topliss-reactive ketones (excluding diaryl/α,β-unsaturated/α-hetero) is 1. The zero-order valence-electron chi connectivity index (χ0n) is 7.70. The van der Waals surface area contributed by atoms with Crippen molar-refractivity contribution in [1.82, 2.24) is 0 Å². The zero-order valence-corrected chi connectivity index (χ0v) is 11.6. The van der Waals surface area contributed by atoms with Crippen LogP contribution in [0.4, 0.5) is 0 Å². The van der Waals surface area contributed by atoms with Crippen molar-refractivity contribution in [2.24, 2.45) is 0 Å². The molecule has 0 heterocycles. The van der Waals surface area contributed by atoms with Gasteiger partial charge in [-0.3, -0.25) is 9.59 Å². The molecule has 1 aliphatic rings. The third-order valence-electron chi connectivity index (χ3n) is 2.14. The predicted octanol–water partition coefficient (Wildman–Crippen LogP) is 1.63. The van der Waals surface area contributed by atoms with Gasteiger partial charge in [0.1, 0.15) is 0 Å². The van der Waals surface area contributed by atoms with Crippen LogP contribution in [0.3, 0.4) is 0 Å². The standard InChI is InChI=1S/C11H8O2.Pb/c1-7-6-10(12)8-4-2-3-5-9(8)11(7)13;/h2-6H,1H3;. The number of hydrogen-bond acceptors (Lipinski definition) is 2. The minimum absolute atomic E-state index is 0. The molecule has 0 unspecified atom stereocenters. The second-order valence-corrected chi connectivity index (χ2v) is 3.07. The van der Waals surface area contributed by atoms with Gasteiger partial charge in [0.25, 0.3) is 0 Å². The molecule has 0 atom stereocenters. The molecular weight excluding hydrogens is 371 g/mol. The average molecular weight is 379 g/mol. The van der Waals surface area contributed by atoms with Crippen molar-refractivity contribution >= 4 is 38.9 Å². The summed E-state index contributed by atoms with van der Waals surface area (Å²) in [5, 5.41) is 0. The van der Waals surface area contributed by atoms with Crippen LogP contribution in [0.1, 0.15) is 27.6 Å². The third kappa shape index (κ3) is 1.71. The van der Waals surface area contributed by atoms with Crippen LogP contribution >= 0.6 is 0 Å². The summed E-state index contributed by atoms with van der Waals surface area (Å²) >= 11 is 0. The first-order valence-corrected chi connectivity index (χ1v) is 4.06. The van der Waals surface area contributed by atoms with E-state index in [1.54, 1.807) is 31.2 Å². The largest absolute Gasteiger partial charge is 0.289 e. The Bertz CT molecular complexity index is 433. The molecule has 3 heteroatoms. The molecule has 2 rings (SSSR count). The second-order valence-electron chi connectivity index (χ2n) is 3.07. The molecule has 0 bridgehead atoms. The van der Waals surface area contributed by atoms with Crippen LogP contribution < -0.4 is 0 Å². The summed E-state index contributed by atoms with van der Waals surface area (Å²) in [6, 6.07) is 6.89. The number of benzene rings is 1. The Kier molecular flexibility index (Phi) is 3.36. The van der Waals surface area contributed by atoms with E-state index >= 15 is 0 Å². The molecule has 0 aliphatic heterocycles. The summed E-state index contributed by atoms with van der Waals surface area (Å²) in [5.74, 6) is -0.122. The van der Waals surface area contributed by atoms with Crippen LogP contribution in [0, 0.1) is 0 Å². The molecule has 1 aromatic carbocycles. The van der Waals surface area contributed by atoms with Gasteiger partial charge in [0.15, 0.2) is 11.6 Å². The van der Waals surface area contributed by atoms with E-state index in [0.717, 1.165) is 0 Å². The number of rotatable bonds is 0. The molecule has 0 amide bonds. The molecule has 2 nitrogen and oxygen atoms in total. The van der Waals surface area contributed by atoms with E-state index in [1.807, 2.05) is 0 Å². The van der Waals surface area contributed by atoms with E-state index in [0.29, 0.717) is 16.7 Å². The minimum atomic E-state index is -0.0762. The van der Waals surface area contributed by atoms with Crippen LogP contribution in [0.2, 0.25) is 0 Å². The van der Waals surface area contributed by atoms with Gasteiger partial charge in [0.05, 0.1) is 0 Å². The van der Waals surface area contributed by atoms with E-state index in [9.17, 15) is 9.59 Å². The molecule has 0 aromatic heterocycles. The Balaban J connectivity index is 0.000000980. The van der Waals surface area contributed by atoms with Gasteiger partial charge in [-0.1, -0.05) is 24.3 Å². The van der Waals surface area contributed by atoms with E-state index in [1.165, 1.54) is 6.08 Å². The topological polar surface area (TPSA) is 34.1 Å². The summed E-state index contributed by atoms with van der Waals surface area (Å²) in [4.78, 5) is 23.0. The van der Waals surface area contributed by atoms with Crippen molar-refractivity contribution < 1.29 is 9.59 Å². The number of ketones is 2. The smallest absolute Gasteiger partial charge is 0.189 e. The first-order chi connectivity index (χ1) is 6.20. The molecule has 0 spiro atoms. The van der Waals surface area contributed by atoms with Crippen molar-refractivity contribution in [3.63, 3.8) is 0 Å². The van der Waals surface area contributed by atoms with E-state index in [-0.39, 0.29) is 38.9 Å². The maximum Gasteiger partial charge on any atom is 0.189 e. The van der Waals surface area contributed by atoms with Crippen LogP contribution in [-0.2, 0) is 0 Å². The molecule has 0 saturated heterocycles. The van der Waals surface area contributed by atoms with Crippen molar-refractivity contribution in [3.8, 4) is 0 Å². The normalized spacial score (nSPS) is 14.2. The minimum Gasteiger partial charge on any atom is -0.289 e. The summed E-state index contributed by atoms with van der Waals surface area (Å²) < 4.78 is 0. The fraction of sp³-hybridized carbons (Fsp3) is 0.0909. The monoisotopic (exact) mass is 380 g/mol. The molecule has 14 heavy (non-hydrogen) atoms. The maximum absolute atomic E-state index is 11.5. The summed E-state index contributed by atoms with van der Waals surface area (Å²) in [7, 11) is 0. The number of hydrogen-bond donors (Lipinski definition) is 0. The van der Waals surface area contributed by atoms with Gasteiger partial charge in [0.2, 0.25) is 0 Å². The summed E-state index contributed by atoms with van der Waals surface area (Å²) in [6.07, 6.45) is 1.39. The van der Waals surface area contributed by atoms with Crippen LogP contribution in [0.15, 0.2) is 35.9 Å². The summed E-state index contributed by atoms with van der Waals surface area (Å²) in [6.45, 7) is 1.66. The Morgan fingerprint density at radius 3 is 2.21 bits per heavy atom. The molecule has 1 aliphatic carbocycles. The van der Waals surface area contributed by atoms with Gasteiger partial charge in [-0.15, -0.1) is 0 Å². The molecule has 0 N–H and O–H groups in total. The fourth-order valence-electron chi connectivity index (χ4n) is 1.45. The zero-order chi connectivity index (χ0) is 9.42. The SMILES string of the molecule is CC1=CC(=O)c2ccccc2C1=O.[Pb]. The number of fused-ring (bicyclic) bond motifs is 1.